The molecule has 1 N–H and O–H groups in total. The van der Waals surface area contributed by atoms with Crippen molar-refractivity contribution in [3.63, 3.8) is 0 Å². The molecule has 1 aliphatic heterocycles. The van der Waals surface area contributed by atoms with Gasteiger partial charge < -0.3 is 10.2 Å². The Kier molecular flexibility index (Phi) is 5.59. The second kappa shape index (κ2) is 7.23. The molecule has 2 rings (SSSR count). The van der Waals surface area contributed by atoms with Crippen LogP contribution in [-0.4, -0.2) is 44.7 Å². The minimum absolute atomic E-state index is 0.127. The first kappa shape index (κ1) is 16.2. The molecule has 0 bridgehead atoms. The molecule has 2 atom stereocenters. The summed E-state index contributed by atoms with van der Waals surface area (Å²) in [4.78, 5) is 4.59. The number of nitrogens with zero attached hydrogens (tertiary/aromatic N) is 2. The summed E-state index contributed by atoms with van der Waals surface area (Å²) in [5.74, 6) is -0.127. The van der Waals surface area contributed by atoms with E-state index in [0.717, 1.165) is 24.3 Å². The van der Waals surface area contributed by atoms with Crippen molar-refractivity contribution in [3.05, 3.63) is 29.6 Å². The van der Waals surface area contributed by atoms with Gasteiger partial charge in [-0.25, -0.2) is 4.39 Å². The van der Waals surface area contributed by atoms with E-state index < -0.39 is 0 Å². The van der Waals surface area contributed by atoms with Gasteiger partial charge in [0.1, 0.15) is 5.82 Å². The quantitative estimate of drug-likeness (QED) is 0.870. The molecule has 21 heavy (non-hydrogen) atoms. The van der Waals surface area contributed by atoms with Gasteiger partial charge in [0, 0.05) is 25.7 Å². The lowest BCUT2D eigenvalue weighted by atomic mass is 10.0. The van der Waals surface area contributed by atoms with Crippen molar-refractivity contribution in [2.24, 2.45) is 0 Å². The lowest BCUT2D eigenvalue weighted by molar-refractivity contribution is 0.270. The van der Waals surface area contributed by atoms with Gasteiger partial charge in [-0.05, 0) is 51.5 Å². The number of likely N-dealkylation sites (N-methyl/N-ethyl adjacent to an activating group) is 2. The minimum Gasteiger partial charge on any atom is -0.370 e. The predicted molar refractivity (Wildman–Crippen MR) is 87.4 cm³/mol. The van der Waals surface area contributed by atoms with E-state index in [0.29, 0.717) is 6.04 Å². The van der Waals surface area contributed by atoms with E-state index in [4.69, 9.17) is 0 Å². The maximum absolute atomic E-state index is 14.4. The summed E-state index contributed by atoms with van der Waals surface area (Å²) in [5.41, 5.74) is 1.77. The number of rotatable bonds is 6. The summed E-state index contributed by atoms with van der Waals surface area (Å²) in [6.07, 6.45) is 2.47. The zero-order valence-electron chi connectivity index (χ0n) is 13.7. The number of hydrogen-bond acceptors (Lipinski definition) is 3. The van der Waals surface area contributed by atoms with Crippen molar-refractivity contribution in [1.29, 1.82) is 0 Å². The second-order valence-corrected chi connectivity index (χ2v) is 5.99. The van der Waals surface area contributed by atoms with Crippen LogP contribution in [0.25, 0.3) is 0 Å². The van der Waals surface area contributed by atoms with Crippen molar-refractivity contribution in [2.45, 2.75) is 38.8 Å². The number of likely N-dealkylation sites (tertiary alicyclic amines) is 1. The van der Waals surface area contributed by atoms with Crippen LogP contribution >= 0.6 is 0 Å². The van der Waals surface area contributed by atoms with Gasteiger partial charge in [-0.3, -0.25) is 4.90 Å². The molecule has 4 heteroatoms. The summed E-state index contributed by atoms with van der Waals surface area (Å²) < 4.78 is 14.4. The summed E-state index contributed by atoms with van der Waals surface area (Å²) in [7, 11) is 3.92. The van der Waals surface area contributed by atoms with E-state index in [9.17, 15) is 4.39 Å². The van der Waals surface area contributed by atoms with Crippen molar-refractivity contribution in [2.75, 3.05) is 38.6 Å². The lowest BCUT2D eigenvalue weighted by Gasteiger charge is -2.31. The van der Waals surface area contributed by atoms with Gasteiger partial charge in [-0.15, -0.1) is 0 Å². The molecule has 2 unspecified atom stereocenters. The van der Waals surface area contributed by atoms with Crippen molar-refractivity contribution in [1.82, 2.24) is 10.2 Å². The molecule has 0 aliphatic carbocycles. The Morgan fingerprint density at radius 3 is 2.90 bits per heavy atom. The Bertz CT molecular complexity index is 463. The zero-order valence-corrected chi connectivity index (χ0v) is 13.7. The van der Waals surface area contributed by atoms with Crippen LogP contribution in [0.1, 0.15) is 38.3 Å². The van der Waals surface area contributed by atoms with E-state index in [1.807, 2.05) is 20.2 Å². The third kappa shape index (κ3) is 3.55. The monoisotopic (exact) mass is 293 g/mol. The summed E-state index contributed by atoms with van der Waals surface area (Å²) >= 11 is 0. The van der Waals surface area contributed by atoms with Crippen LogP contribution in [0.15, 0.2) is 18.2 Å². The molecule has 0 aromatic heterocycles. The summed E-state index contributed by atoms with van der Waals surface area (Å²) in [6, 6.07) is 6.05. The highest BCUT2D eigenvalue weighted by molar-refractivity contribution is 5.55. The standard InChI is InChI=1S/C17H28FN3/c1-5-21-11-7-8-14(21)12-20(4)17-15(13(2)19-3)9-6-10-16(17)18/h6,9-10,13-14,19H,5,7-8,11-12H2,1-4H3. The van der Waals surface area contributed by atoms with E-state index in [-0.39, 0.29) is 11.9 Å². The van der Waals surface area contributed by atoms with Crippen molar-refractivity contribution in [3.8, 4) is 0 Å². The van der Waals surface area contributed by atoms with Gasteiger partial charge in [0.05, 0.1) is 5.69 Å². The van der Waals surface area contributed by atoms with Crippen LogP contribution in [0.4, 0.5) is 10.1 Å². The maximum atomic E-state index is 14.4. The van der Waals surface area contributed by atoms with Gasteiger partial charge in [0.25, 0.3) is 0 Å². The maximum Gasteiger partial charge on any atom is 0.146 e. The van der Waals surface area contributed by atoms with Crippen LogP contribution < -0.4 is 10.2 Å². The first-order valence-electron chi connectivity index (χ1n) is 7.99. The molecular weight excluding hydrogens is 265 g/mol. The average Bonchev–Trinajstić information content (AvgIpc) is 2.93. The second-order valence-electron chi connectivity index (χ2n) is 5.99. The van der Waals surface area contributed by atoms with Crippen LogP contribution in [0, 0.1) is 5.82 Å². The fraction of sp³-hybridized carbons (Fsp3) is 0.647. The van der Waals surface area contributed by atoms with E-state index in [1.54, 1.807) is 12.1 Å². The predicted octanol–water partition coefficient (Wildman–Crippen LogP) is 3.03. The molecule has 1 heterocycles. The van der Waals surface area contributed by atoms with Gasteiger partial charge in [-0.2, -0.15) is 0 Å². The van der Waals surface area contributed by atoms with Gasteiger partial charge in [0.15, 0.2) is 0 Å². The van der Waals surface area contributed by atoms with Gasteiger partial charge >= 0.3 is 0 Å². The number of halogens is 1. The van der Waals surface area contributed by atoms with Crippen molar-refractivity contribution >= 4 is 5.69 Å². The number of anilines is 1. The van der Waals surface area contributed by atoms with Gasteiger partial charge in [-0.1, -0.05) is 19.1 Å². The van der Waals surface area contributed by atoms with E-state index in [1.165, 1.54) is 19.4 Å². The minimum atomic E-state index is -0.127. The molecule has 1 aromatic carbocycles. The van der Waals surface area contributed by atoms with Crippen LogP contribution in [-0.2, 0) is 0 Å². The molecule has 0 saturated carbocycles. The molecule has 0 radical (unpaired) electrons. The van der Waals surface area contributed by atoms with E-state index in [2.05, 4.69) is 29.0 Å². The Labute approximate surface area is 128 Å². The summed E-state index contributed by atoms with van der Waals surface area (Å²) in [5, 5.41) is 3.21. The third-order valence-electron chi connectivity index (χ3n) is 4.69. The van der Waals surface area contributed by atoms with Crippen LogP contribution in [0.5, 0.6) is 0 Å². The largest absolute Gasteiger partial charge is 0.370 e. The average molecular weight is 293 g/mol. The Balaban J connectivity index is 2.20. The first-order chi connectivity index (χ1) is 10.1. The lowest BCUT2D eigenvalue weighted by Crippen LogP contribution is -2.39. The zero-order chi connectivity index (χ0) is 15.4. The van der Waals surface area contributed by atoms with E-state index >= 15 is 0 Å². The highest BCUT2D eigenvalue weighted by Gasteiger charge is 2.26. The molecule has 1 aromatic rings. The highest BCUT2D eigenvalue weighted by Crippen LogP contribution is 2.30. The fourth-order valence-corrected chi connectivity index (χ4v) is 3.37. The summed E-state index contributed by atoms with van der Waals surface area (Å²) in [6.45, 7) is 7.41. The number of nitrogens with one attached hydrogen (secondary N) is 1. The fourth-order valence-electron chi connectivity index (χ4n) is 3.37. The Morgan fingerprint density at radius 1 is 1.48 bits per heavy atom. The molecule has 3 nitrogen and oxygen atoms in total. The number of para-hydroxylation sites is 1. The molecule has 1 saturated heterocycles. The van der Waals surface area contributed by atoms with Gasteiger partial charge in [0.2, 0.25) is 0 Å². The first-order valence-corrected chi connectivity index (χ1v) is 7.99. The van der Waals surface area contributed by atoms with Crippen molar-refractivity contribution < 1.29 is 4.39 Å². The van der Waals surface area contributed by atoms with Crippen LogP contribution in [0.3, 0.4) is 0 Å². The molecule has 118 valence electrons. The molecule has 0 spiro atoms. The molecule has 1 fully saturated rings. The molecule has 0 amide bonds. The molecular formula is C17H28FN3. The normalized spacial score (nSPS) is 20.7. The smallest absolute Gasteiger partial charge is 0.146 e. The topological polar surface area (TPSA) is 18.5 Å². The Hall–Kier alpha value is -1.13. The molecule has 1 aliphatic rings. The number of benzene rings is 1. The third-order valence-corrected chi connectivity index (χ3v) is 4.69. The SMILES string of the molecule is CCN1CCCC1CN(C)c1c(F)cccc1C(C)NC. The van der Waals surface area contributed by atoms with Crippen LogP contribution in [0.2, 0.25) is 0 Å². The number of hydrogen-bond donors (Lipinski definition) is 1. The highest BCUT2D eigenvalue weighted by atomic mass is 19.1. The Morgan fingerprint density at radius 2 is 2.24 bits per heavy atom.